The molecule has 23 heavy (non-hydrogen) atoms. The Morgan fingerprint density at radius 3 is 2.43 bits per heavy atom. The second kappa shape index (κ2) is 5.94. The first-order chi connectivity index (χ1) is 10.8. The average Bonchev–Trinajstić information content (AvgIpc) is 3.04. The Hall–Kier alpha value is -0.780. The Morgan fingerprint density at radius 2 is 1.87 bits per heavy atom. The van der Waals surface area contributed by atoms with Gasteiger partial charge in [0.15, 0.2) is 6.29 Å². The molecule has 2 unspecified atom stereocenters. The van der Waals surface area contributed by atoms with E-state index >= 15 is 0 Å². The van der Waals surface area contributed by atoms with E-state index in [-0.39, 0.29) is 23.2 Å². The lowest BCUT2D eigenvalue weighted by atomic mass is 9.59. The fourth-order valence-electron chi connectivity index (χ4n) is 3.82. The summed E-state index contributed by atoms with van der Waals surface area (Å²) in [5.41, 5.74) is 3.16. The summed E-state index contributed by atoms with van der Waals surface area (Å²) >= 11 is 3.69. The van der Waals surface area contributed by atoms with Gasteiger partial charge in [-0.2, -0.15) is 4.91 Å². The van der Waals surface area contributed by atoms with E-state index in [4.69, 9.17) is 9.47 Å². The Morgan fingerprint density at radius 1 is 1.22 bits per heavy atom. The number of hydrogen-bond donors (Lipinski definition) is 0. The van der Waals surface area contributed by atoms with Gasteiger partial charge < -0.3 is 9.47 Å². The third-order valence-corrected chi connectivity index (χ3v) is 6.43. The van der Waals surface area contributed by atoms with Crippen LogP contribution < -0.4 is 0 Å². The first-order valence-corrected chi connectivity index (χ1v) is 9.03. The highest BCUT2D eigenvalue weighted by Crippen LogP contribution is 2.50. The molecule has 2 aliphatic rings. The van der Waals surface area contributed by atoms with Crippen molar-refractivity contribution in [3.8, 4) is 0 Å². The molecule has 1 fully saturated rings. The summed E-state index contributed by atoms with van der Waals surface area (Å²) in [5.74, 6) is 0. The number of rotatable bonds is 3. The summed E-state index contributed by atoms with van der Waals surface area (Å²) in [7, 11) is 0. The van der Waals surface area contributed by atoms with Crippen LogP contribution in [0.1, 0.15) is 63.5 Å². The second-order valence-corrected chi connectivity index (χ2v) is 8.31. The molecule has 1 aliphatic carbocycles. The van der Waals surface area contributed by atoms with E-state index in [0.29, 0.717) is 13.2 Å². The van der Waals surface area contributed by atoms with Gasteiger partial charge in [0.05, 0.1) is 13.2 Å². The smallest absolute Gasteiger partial charge is 0.185 e. The second-order valence-electron chi connectivity index (χ2n) is 7.45. The third-order valence-electron chi connectivity index (χ3n) is 5.74. The van der Waals surface area contributed by atoms with Crippen LogP contribution in [0.25, 0.3) is 0 Å². The van der Waals surface area contributed by atoms with E-state index in [2.05, 4.69) is 60.9 Å². The fraction of sp³-hybridized carbons (Fsp3) is 0.667. The van der Waals surface area contributed by atoms with Crippen LogP contribution in [-0.2, 0) is 20.3 Å². The predicted molar refractivity (Wildman–Crippen MR) is 93.7 cm³/mol. The van der Waals surface area contributed by atoms with Crippen LogP contribution in [0.2, 0.25) is 0 Å². The summed E-state index contributed by atoms with van der Waals surface area (Å²) in [5, 5.41) is 3.47. The van der Waals surface area contributed by atoms with Crippen molar-refractivity contribution in [1.82, 2.24) is 0 Å². The highest BCUT2D eigenvalue weighted by Gasteiger charge is 2.47. The van der Waals surface area contributed by atoms with Crippen LogP contribution in [0.3, 0.4) is 0 Å². The van der Waals surface area contributed by atoms with Gasteiger partial charge in [0.25, 0.3) is 0 Å². The van der Waals surface area contributed by atoms with Crippen molar-refractivity contribution in [3.63, 3.8) is 0 Å². The number of benzene rings is 1. The minimum atomic E-state index is -0.331. The Kier molecular flexibility index (Phi) is 4.40. The number of fused-ring (bicyclic) bond motifs is 1. The molecule has 2 atom stereocenters. The molecule has 0 bridgehead atoms. The van der Waals surface area contributed by atoms with Crippen molar-refractivity contribution in [2.75, 3.05) is 13.2 Å². The quantitative estimate of drug-likeness (QED) is 0.693. The largest absolute Gasteiger partial charge is 0.346 e. The van der Waals surface area contributed by atoms with Crippen LogP contribution >= 0.6 is 15.9 Å². The molecule has 1 aliphatic heterocycles. The van der Waals surface area contributed by atoms with Crippen molar-refractivity contribution in [1.29, 1.82) is 0 Å². The summed E-state index contributed by atoms with van der Waals surface area (Å²) in [6.07, 6.45) is 1.43. The first-order valence-electron chi connectivity index (χ1n) is 8.23. The van der Waals surface area contributed by atoms with E-state index in [0.717, 1.165) is 22.9 Å². The van der Waals surface area contributed by atoms with Gasteiger partial charge in [0.2, 0.25) is 0 Å². The van der Waals surface area contributed by atoms with Crippen molar-refractivity contribution >= 4 is 15.9 Å². The number of nitrogens with zero attached hydrogens (tertiary/aromatic N) is 1. The molecule has 0 amide bonds. The topological polar surface area (TPSA) is 47.9 Å². The van der Waals surface area contributed by atoms with Crippen molar-refractivity contribution in [2.24, 2.45) is 5.18 Å². The molecule has 0 saturated carbocycles. The maximum Gasteiger partial charge on any atom is 0.185 e. The van der Waals surface area contributed by atoms with Gasteiger partial charge >= 0.3 is 0 Å². The van der Waals surface area contributed by atoms with Crippen molar-refractivity contribution in [2.45, 2.75) is 63.7 Å². The lowest BCUT2D eigenvalue weighted by Gasteiger charge is -2.46. The number of nitroso groups, excluding NO2 is 1. The predicted octanol–water partition coefficient (Wildman–Crippen LogP) is 4.98. The van der Waals surface area contributed by atoms with Crippen LogP contribution in [0.15, 0.2) is 21.8 Å². The molecule has 4 nitrogen and oxygen atoms in total. The highest BCUT2D eigenvalue weighted by atomic mass is 79.9. The number of ether oxygens (including phenoxy) is 2. The zero-order valence-electron chi connectivity index (χ0n) is 14.2. The summed E-state index contributed by atoms with van der Waals surface area (Å²) in [6.45, 7) is 9.86. The van der Waals surface area contributed by atoms with Crippen LogP contribution in [0.5, 0.6) is 0 Å². The molecule has 1 aromatic carbocycles. The minimum absolute atomic E-state index is 0.0398. The molecule has 0 N–H and O–H groups in total. The normalized spacial score (nSPS) is 30.2. The lowest BCUT2D eigenvalue weighted by molar-refractivity contribution is -0.0448. The standard InChI is InChI=1S/C18H24BrNO3/c1-5-18(4)10-15(20-21)17(2,3)12-8-11(14(19)9-13(12)18)16-22-6-7-23-16/h8-9,15-16H,5-7,10H2,1-4H3. The maximum absolute atomic E-state index is 11.5. The third kappa shape index (κ3) is 2.67. The summed E-state index contributed by atoms with van der Waals surface area (Å²) in [6, 6.07) is 4.13. The van der Waals surface area contributed by atoms with Crippen molar-refractivity contribution in [3.05, 3.63) is 38.2 Å². The average molecular weight is 382 g/mol. The molecule has 3 rings (SSSR count). The van der Waals surface area contributed by atoms with Crippen molar-refractivity contribution < 1.29 is 9.47 Å². The van der Waals surface area contributed by atoms with E-state index in [1.54, 1.807) is 0 Å². The van der Waals surface area contributed by atoms with Crippen LogP contribution in [-0.4, -0.2) is 19.3 Å². The van der Waals surface area contributed by atoms with Crippen LogP contribution in [0.4, 0.5) is 0 Å². The van der Waals surface area contributed by atoms with Gasteiger partial charge in [0.1, 0.15) is 6.04 Å². The lowest BCUT2D eigenvalue weighted by Crippen LogP contribution is -2.45. The van der Waals surface area contributed by atoms with Gasteiger partial charge in [-0.3, -0.25) is 0 Å². The molecule has 0 aromatic heterocycles. The molecule has 1 heterocycles. The molecule has 126 valence electrons. The Bertz CT molecular complexity index is 625. The maximum atomic E-state index is 11.5. The molecule has 5 heteroatoms. The van der Waals surface area contributed by atoms with Gasteiger partial charge in [-0.05, 0) is 41.5 Å². The number of halogens is 1. The molecular weight excluding hydrogens is 358 g/mol. The van der Waals surface area contributed by atoms with Crippen LogP contribution in [0, 0.1) is 4.91 Å². The zero-order chi connectivity index (χ0) is 16.8. The Labute approximate surface area is 146 Å². The van der Waals surface area contributed by atoms with Gasteiger partial charge in [-0.25, -0.2) is 0 Å². The van der Waals surface area contributed by atoms with Gasteiger partial charge in [-0.1, -0.05) is 48.8 Å². The van der Waals surface area contributed by atoms with Gasteiger partial charge in [0, 0.05) is 15.5 Å². The summed E-state index contributed by atoms with van der Waals surface area (Å²) in [4.78, 5) is 11.5. The first kappa shape index (κ1) is 17.1. The molecular formula is C18H24BrNO3. The number of hydrogen-bond acceptors (Lipinski definition) is 4. The monoisotopic (exact) mass is 381 g/mol. The molecule has 0 spiro atoms. The molecule has 1 saturated heterocycles. The molecule has 1 aromatic rings. The SMILES string of the molecule is CCC1(C)CC(N=O)C(C)(C)c2cc(C3OCCO3)c(Br)cc21. The minimum Gasteiger partial charge on any atom is -0.346 e. The van der Waals surface area contributed by atoms with E-state index in [1.807, 2.05) is 0 Å². The fourth-order valence-corrected chi connectivity index (χ4v) is 4.35. The van der Waals surface area contributed by atoms with E-state index < -0.39 is 0 Å². The zero-order valence-corrected chi connectivity index (χ0v) is 15.8. The Balaban J connectivity index is 2.19. The highest BCUT2D eigenvalue weighted by molar-refractivity contribution is 9.10. The van der Waals surface area contributed by atoms with Gasteiger partial charge in [-0.15, -0.1) is 0 Å². The molecule has 0 radical (unpaired) electrons. The van der Waals surface area contributed by atoms with E-state index in [1.165, 1.54) is 11.1 Å². The summed E-state index contributed by atoms with van der Waals surface area (Å²) < 4.78 is 12.4. The van der Waals surface area contributed by atoms with E-state index in [9.17, 15) is 4.91 Å².